The first-order valence-electron chi connectivity index (χ1n) is 6.52. The highest BCUT2D eigenvalue weighted by atomic mass is 35.5. The van der Waals surface area contributed by atoms with Gasteiger partial charge in [-0.1, -0.05) is 41.9 Å². The average molecular weight is 314 g/mol. The smallest absolute Gasteiger partial charge is 0.306 e. The lowest BCUT2D eigenvalue weighted by Crippen LogP contribution is -2.20. The van der Waals surface area contributed by atoms with E-state index in [2.05, 4.69) is 5.32 Å². The third-order valence-corrected chi connectivity index (χ3v) is 3.51. The molecule has 2 aromatic rings. The van der Waals surface area contributed by atoms with Crippen molar-refractivity contribution in [1.82, 2.24) is 5.32 Å². The molecule has 0 aliphatic rings. The maximum atomic E-state index is 12.9. The number of benzene rings is 2. The van der Waals surface area contributed by atoms with E-state index in [9.17, 15) is 13.2 Å². The van der Waals surface area contributed by atoms with Crippen LogP contribution in [0.5, 0.6) is 0 Å². The van der Waals surface area contributed by atoms with Crippen molar-refractivity contribution in [2.45, 2.75) is 25.7 Å². The molecule has 0 radical (unpaired) electrons. The third kappa shape index (κ3) is 4.22. The van der Waals surface area contributed by atoms with Crippen molar-refractivity contribution in [2.75, 3.05) is 0 Å². The molecule has 0 amide bonds. The number of rotatable bonds is 4. The Morgan fingerprint density at radius 2 is 1.81 bits per heavy atom. The van der Waals surface area contributed by atoms with E-state index in [1.165, 1.54) is 12.1 Å². The zero-order chi connectivity index (χ0) is 15.5. The first-order valence-corrected chi connectivity index (χ1v) is 6.89. The summed E-state index contributed by atoms with van der Waals surface area (Å²) in [7, 11) is 0. The fraction of sp³-hybridized carbons (Fsp3) is 0.250. The van der Waals surface area contributed by atoms with Gasteiger partial charge in [0.1, 0.15) is 0 Å². The van der Waals surface area contributed by atoms with Crippen molar-refractivity contribution in [3.63, 3.8) is 0 Å². The number of alkyl halides is 3. The average Bonchev–Trinajstić information content (AvgIpc) is 2.44. The molecule has 112 valence electrons. The molecule has 0 aliphatic heterocycles. The third-order valence-electron chi connectivity index (χ3n) is 3.27. The second-order valence-corrected chi connectivity index (χ2v) is 5.25. The summed E-state index contributed by atoms with van der Waals surface area (Å²) < 4.78 is 38.7. The Hall–Kier alpha value is -1.52. The van der Waals surface area contributed by atoms with E-state index in [-0.39, 0.29) is 18.2 Å². The highest BCUT2D eigenvalue weighted by molar-refractivity contribution is 6.30. The van der Waals surface area contributed by atoms with E-state index in [1.54, 1.807) is 18.2 Å². The quantitative estimate of drug-likeness (QED) is 0.817. The van der Waals surface area contributed by atoms with Crippen LogP contribution < -0.4 is 5.32 Å². The summed E-state index contributed by atoms with van der Waals surface area (Å²) in [6, 6.07) is 12.8. The van der Waals surface area contributed by atoms with Crippen LogP contribution in [0.15, 0.2) is 48.5 Å². The SMILES string of the molecule is C[C@@H](NCc1ccccc1C(F)(F)F)c1cccc(Cl)c1. The Bertz CT molecular complexity index is 610. The molecular weight excluding hydrogens is 299 g/mol. The highest BCUT2D eigenvalue weighted by Gasteiger charge is 2.32. The van der Waals surface area contributed by atoms with E-state index in [0.717, 1.165) is 11.6 Å². The van der Waals surface area contributed by atoms with E-state index >= 15 is 0 Å². The Morgan fingerprint density at radius 3 is 2.48 bits per heavy atom. The van der Waals surface area contributed by atoms with Gasteiger partial charge < -0.3 is 5.32 Å². The molecule has 0 heterocycles. The molecule has 0 fully saturated rings. The van der Waals surface area contributed by atoms with Gasteiger partial charge in [-0.3, -0.25) is 0 Å². The van der Waals surface area contributed by atoms with Crippen LogP contribution in [0.3, 0.4) is 0 Å². The number of halogens is 4. The predicted molar refractivity (Wildman–Crippen MR) is 78.2 cm³/mol. The molecule has 21 heavy (non-hydrogen) atoms. The molecule has 5 heteroatoms. The zero-order valence-corrected chi connectivity index (χ0v) is 12.2. The van der Waals surface area contributed by atoms with E-state index in [1.807, 2.05) is 19.1 Å². The van der Waals surface area contributed by atoms with Gasteiger partial charge in [0.25, 0.3) is 0 Å². The van der Waals surface area contributed by atoms with Gasteiger partial charge in [0.05, 0.1) is 5.56 Å². The maximum absolute atomic E-state index is 12.9. The van der Waals surface area contributed by atoms with Crippen molar-refractivity contribution in [3.05, 3.63) is 70.2 Å². The number of hydrogen-bond donors (Lipinski definition) is 1. The van der Waals surface area contributed by atoms with Crippen molar-refractivity contribution < 1.29 is 13.2 Å². The molecule has 0 saturated carbocycles. The van der Waals surface area contributed by atoms with Gasteiger partial charge in [0, 0.05) is 17.6 Å². The zero-order valence-electron chi connectivity index (χ0n) is 11.4. The Kier molecular flexibility index (Phi) is 4.91. The summed E-state index contributed by atoms with van der Waals surface area (Å²) in [6.45, 7) is 2.03. The minimum atomic E-state index is -4.34. The molecule has 0 unspecified atom stereocenters. The molecule has 1 N–H and O–H groups in total. The molecular formula is C16H15ClF3N. The van der Waals surface area contributed by atoms with Gasteiger partial charge in [0.2, 0.25) is 0 Å². The standard InChI is InChI=1S/C16H15ClF3N/c1-11(12-6-4-7-14(17)9-12)21-10-13-5-2-3-8-15(13)16(18,19)20/h2-9,11,21H,10H2,1H3/t11-/m1/s1. The Morgan fingerprint density at radius 1 is 1.10 bits per heavy atom. The first kappa shape index (κ1) is 15.9. The summed E-state index contributed by atoms with van der Waals surface area (Å²) in [6.07, 6.45) is -4.34. The van der Waals surface area contributed by atoms with Crippen molar-refractivity contribution in [2.24, 2.45) is 0 Å². The summed E-state index contributed by atoms with van der Waals surface area (Å²) >= 11 is 5.91. The van der Waals surface area contributed by atoms with Gasteiger partial charge in [-0.25, -0.2) is 0 Å². The van der Waals surface area contributed by atoms with Crippen molar-refractivity contribution >= 4 is 11.6 Å². The summed E-state index contributed by atoms with van der Waals surface area (Å²) in [5.74, 6) is 0. The predicted octanol–water partition coefficient (Wildman–Crippen LogP) is 5.21. The van der Waals surface area contributed by atoms with Crippen LogP contribution in [0.1, 0.15) is 29.7 Å². The summed E-state index contributed by atoms with van der Waals surface area (Å²) in [5.41, 5.74) is 0.571. The molecule has 0 aromatic heterocycles. The maximum Gasteiger partial charge on any atom is 0.416 e. The van der Waals surface area contributed by atoms with Crippen LogP contribution in [0, 0.1) is 0 Å². The molecule has 0 bridgehead atoms. The van der Waals surface area contributed by atoms with Crippen LogP contribution in [0.2, 0.25) is 5.02 Å². The van der Waals surface area contributed by atoms with Gasteiger partial charge in [-0.05, 0) is 36.2 Å². The largest absolute Gasteiger partial charge is 0.416 e. The summed E-state index contributed by atoms with van der Waals surface area (Å²) in [4.78, 5) is 0. The van der Waals surface area contributed by atoms with Crippen LogP contribution in [-0.4, -0.2) is 0 Å². The molecule has 1 atom stereocenters. The van der Waals surface area contributed by atoms with Gasteiger partial charge >= 0.3 is 6.18 Å². The normalized spacial score (nSPS) is 13.2. The van der Waals surface area contributed by atoms with Gasteiger partial charge in [0.15, 0.2) is 0 Å². The molecule has 0 saturated heterocycles. The van der Waals surface area contributed by atoms with Crippen molar-refractivity contribution in [3.8, 4) is 0 Å². The number of hydrogen-bond acceptors (Lipinski definition) is 1. The van der Waals surface area contributed by atoms with Crippen LogP contribution in [0.4, 0.5) is 13.2 Å². The molecule has 2 rings (SSSR count). The number of nitrogens with one attached hydrogen (secondary N) is 1. The Labute approximate surface area is 126 Å². The lowest BCUT2D eigenvalue weighted by atomic mass is 10.1. The minimum absolute atomic E-state index is 0.0926. The second kappa shape index (κ2) is 6.50. The van der Waals surface area contributed by atoms with E-state index in [4.69, 9.17) is 11.6 Å². The highest BCUT2D eigenvalue weighted by Crippen LogP contribution is 2.32. The lowest BCUT2D eigenvalue weighted by molar-refractivity contribution is -0.138. The van der Waals surface area contributed by atoms with E-state index < -0.39 is 11.7 Å². The fourth-order valence-electron chi connectivity index (χ4n) is 2.11. The van der Waals surface area contributed by atoms with Crippen molar-refractivity contribution in [1.29, 1.82) is 0 Å². The molecule has 0 spiro atoms. The van der Waals surface area contributed by atoms with Gasteiger partial charge in [-0.15, -0.1) is 0 Å². The van der Waals surface area contributed by atoms with E-state index in [0.29, 0.717) is 5.02 Å². The molecule has 2 aromatic carbocycles. The lowest BCUT2D eigenvalue weighted by Gasteiger charge is -2.17. The van der Waals surface area contributed by atoms with Crippen LogP contribution >= 0.6 is 11.6 Å². The van der Waals surface area contributed by atoms with Crippen LogP contribution in [-0.2, 0) is 12.7 Å². The fourth-order valence-corrected chi connectivity index (χ4v) is 2.31. The van der Waals surface area contributed by atoms with Crippen LogP contribution in [0.25, 0.3) is 0 Å². The summed E-state index contributed by atoms with van der Waals surface area (Å²) in [5, 5.41) is 3.70. The topological polar surface area (TPSA) is 12.0 Å². The monoisotopic (exact) mass is 313 g/mol. The minimum Gasteiger partial charge on any atom is -0.306 e. The molecule has 1 nitrogen and oxygen atoms in total. The Balaban J connectivity index is 2.10. The first-order chi connectivity index (χ1) is 9.88. The van der Waals surface area contributed by atoms with Gasteiger partial charge in [-0.2, -0.15) is 13.2 Å². The molecule has 0 aliphatic carbocycles. The second-order valence-electron chi connectivity index (χ2n) is 4.81.